The van der Waals surface area contributed by atoms with E-state index in [4.69, 9.17) is 0 Å². The standard InChI is InChI=1S/C8H6O4.Mg.H2O.H2S/c9-7(10)5-2-1-3-6(4-5)8(11)12;;;/h1-4H,(H,9,10)(H,11,12);;2*1H2/q;+2;;/p-2. The van der Waals surface area contributed by atoms with E-state index in [1.165, 1.54) is 18.2 Å². The average molecular weight is 241 g/mol. The number of carbonyl (C=O) groups excluding carboxylic acids is 2. The predicted octanol–water partition coefficient (Wildman–Crippen LogP) is -2.95. The number of benzene rings is 1. The Bertz CT molecular complexity index is 312. The first-order valence-corrected chi connectivity index (χ1v) is 3.14. The maximum absolute atomic E-state index is 10.3. The Labute approximate surface area is 109 Å². The third-order valence-corrected chi connectivity index (χ3v) is 1.33. The number of carbonyl (C=O) groups is 2. The van der Waals surface area contributed by atoms with Crippen LogP contribution in [0.4, 0.5) is 0 Å². The molecule has 0 saturated carbocycles. The van der Waals surface area contributed by atoms with Crippen LogP contribution < -0.4 is 10.2 Å². The molecule has 1 rings (SSSR count). The van der Waals surface area contributed by atoms with E-state index in [0.717, 1.165) is 6.07 Å². The van der Waals surface area contributed by atoms with Gasteiger partial charge in [0.1, 0.15) is 0 Å². The van der Waals surface area contributed by atoms with Crippen LogP contribution in [-0.2, 0) is 13.5 Å². The van der Waals surface area contributed by atoms with Crippen LogP contribution in [0, 0.1) is 0 Å². The summed E-state index contributed by atoms with van der Waals surface area (Å²) in [5.74, 6) is -2.81. The van der Waals surface area contributed by atoms with E-state index < -0.39 is 11.9 Å². The van der Waals surface area contributed by atoms with Gasteiger partial charge in [-0.1, -0.05) is 31.7 Å². The van der Waals surface area contributed by atoms with Crippen molar-refractivity contribution in [3.8, 4) is 0 Å². The fourth-order valence-electron chi connectivity index (χ4n) is 0.773. The molecule has 0 spiro atoms. The van der Waals surface area contributed by atoms with E-state index in [2.05, 4.69) is 0 Å². The number of rotatable bonds is 2. The van der Waals surface area contributed by atoms with Gasteiger partial charge in [-0.15, -0.1) is 0 Å². The molecule has 0 bridgehead atoms. The number of carboxylic acid groups (broad SMARTS) is 2. The summed E-state index contributed by atoms with van der Waals surface area (Å²) < 4.78 is 0. The van der Waals surface area contributed by atoms with E-state index in [-0.39, 0.29) is 53.2 Å². The largest absolute Gasteiger partial charge is 2.00 e. The molecule has 0 atom stereocenters. The molecule has 7 heteroatoms. The molecule has 0 unspecified atom stereocenters. The van der Waals surface area contributed by atoms with Gasteiger partial charge in [0, 0.05) is 0 Å². The van der Waals surface area contributed by atoms with Crippen LogP contribution in [0.2, 0.25) is 0 Å². The van der Waals surface area contributed by atoms with Gasteiger partial charge < -0.3 is 25.3 Å². The van der Waals surface area contributed by atoms with Crippen LogP contribution in [0.5, 0.6) is 0 Å². The Balaban J connectivity index is -0.000000480. The van der Waals surface area contributed by atoms with Crippen molar-refractivity contribution in [2.45, 2.75) is 0 Å². The van der Waals surface area contributed by atoms with Crippen molar-refractivity contribution in [1.29, 1.82) is 0 Å². The van der Waals surface area contributed by atoms with Crippen LogP contribution in [-0.4, -0.2) is 40.5 Å². The minimum atomic E-state index is -1.40. The van der Waals surface area contributed by atoms with Crippen LogP contribution in [0.25, 0.3) is 0 Å². The van der Waals surface area contributed by atoms with Crippen molar-refractivity contribution >= 4 is 48.5 Å². The normalized spacial score (nSPS) is 7.47. The van der Waals surface area contributed by atoms with Gasteiger partial charge in [0.25, 0.3) is 0 Å². The molecule has 0 fully saturated rings. The van der Waals surface area contributed by atoms with Gasteiger partial charge in [0.2, 0.25) is 0 Å². The first-order chi connectivity index (χ1) is 5.61. The van der Waals surface area contributed by atoms with E-state index in [1.54, 1.807) is 0 Å². The third kappa shape index (κ3) is 5.62. The van der Waals surface area contributed by atoms with Crippen LogP contribution in [0.3, 0.4) is 0 Å². The first-order valence-electron chi connectivity index (χ1n) is 3.14. The summed E-state index contributed by atoms with van der Waals surface area (Å²) in [5.41, 5.74) is -0.339. The number of carboxylic acids is 2. The maximum atomic E-state index is 10.3. The van der Waals surface area contributed by atoms with E-state index in [1.807, 2.05) is 0 Å². The summed E-state index contributed by atoms with van der Waals surface area (Å²) in [6.07, 6.45) is 0. The second kappa shape index (κ2) is 8.54. The summed E-state index contributed by atoms with van der Waals surface area (Å²) in [6, 6.07) is 4.81. The minimum Gasteiger partial charge on any atom is -0.870 e. The van der Waals surface area contributed by atoms with Gasteiger partial charge in [-0.3, -0.25) is 0 Å². The Morgan fingerprint density at radius 2 is 1.33 bits per heavy atom. The molecule has 0 aliphatic carbocycles. The molecule has 1 N–H and O–H groups in total. The van der Waals surface area contributed by atoms with Gasteiger partial charge in [0.15, 0.2) is 0 Å². The third-order valence-electron chi connectivity index (χ3n) is 1.33. The molecule has 0 amide bonds. The fourth-order valence-corrected chi connectivity index (χ4v) is 0.773. The first kappa shape index (κ1) is 19.8. The summed E-state index contributed by atoms with van der Waals surface area (Å²) in [5, 5.41) is 20.5. The van der Waals surface area contributed by atoms with Crippen molar-refractivity contribution < 1.29 is 25.3 Å². The molecule has 0 saturated heterocycles. The fraction of sp³-hybridized carbons (Fsp3) is 0. The smallest absolute Gasteiger partial charge is 0.870 e. The maximum Gasteiger partial charge on any atom is 2.00 e. The molecule has 0 radical (unpaired) electrons. The van der Waals surface area contributed by atoms with Crippen molar-refractivity contribution in [3.05, 3.63) is 35.4 Å². The van der Waals surface area contributed by atoms with Crippen LogP contribution >= 0.6 is 0 Å². The molecule has 0 aromatic heterocycles. The summed E-state index contributed by atoms with van der Waals surface area (Å²) >= 11 is 0. The molecule has 1 aromatic rings. The van der Waals surface area contributed by atoms with E-state index >= 15 is 0 Å². The second-order valence-electron chi connectivity index (χ2n) is 2.16. The zero-order chi connectivity index (χ0) is 9.14. The Hall–Kier alpha value is -0.764. The van der Waals surface area contributed by atoms with Crippen molar-refractivity contribution in [2.24, 2.45) is 0 Å². The van der Waals surface area contributed by atoms with Gasteiger partial charge in [0.05, 0.1) is 11.9 Å². The topological polar surface area (TPSA) is 110 Å². The zero-order valence-electron chi connectivity index (χ0n) is 7.67. The monoisotopic (exact) mass is 240 g/mol. The molecule has 0 heterocycles. The molecular formula is C8H8MgO5S. The molecule has 0 aliphatic heterocycles. The van der Waals surface area contributed by atoms with Crippen molar-refractivity contribution in [3.63, 3.8) is 0 Å². The zero-order valence-corrected chi connectivity index (χ0v) is 10.2. The average Bonchev–Trinajstić information content (AvgIpc) is 2.04. The van der Waals surface area contributed by atoms with E-state index in [9.17, 15) is 19.8 Å². The molecule has 15 heavy (non-hydrogen) atoms. The van der Waals surface area contributed by atoms with Crippen molar-refractivity contribution in [1.82, 2.24) is 0 Å². The minimum absolute atomic E-state index is 0. The van der Waals surface area contributed by atoms with Gasteiger partial charge in [-0.25, -0.2) is 0 Å². The molecule has 0 aliphatic rings. The Morgan fingerprint density at radius 1 is 1.00 bits per heavy atom. The quantitative estimate of drug-likeness (QED) is 0.405. The van der Waals surface area contributed by atoms with Crippen LogP contribution in [0.15, 0.2) is 24.3 Å². The number of hydrogen-bond donors (Lipinski definition) is 0. The number of hydrogen-bond acceptors (Lipinski definition) is 5. The summed E-state index contributed by atoms with van der Waals surface area (Å²) in [7, 11) is 0. The van der Waals surface area contributed by atoms with E-state index in [0.29, 0.717) is 0 Å². The predicted molar refractivity (Wildman–Crippen MR) is 54.3 cm³/mol. The van der Waals surface area contributed by atoms with Gasteiger partial charge in [-0.05, 0) is 17.2 Å². The van der Waals surface area contributed by atoms with Crippen LogP contribution in [0.1, 0.15) is 20.7 Å². The van der Waals surface area contributed by atoms with Gasteiger partial charge in [-0.2, -0.15) is 0 Å². The second-order valence-corrected chi connectivity index (χ2v) is 2.16. The summed E-state index contributed by atoms with van der Waals surface area (Å²) in [6.45, 7) is 0. The summed E-state index contributed by atoms with van der Waals surface area (Å²) in [4.78, 5) is 20.5. The van der Waals surface area contributed by atoms with Gasteiger partial charge >= 0.3 is 23.1 Å². The Kier molecular flexibility index (Phi) is 11.2. The SMILES string of the molecule is O=C([O-])c1cccc(C(=O)[O-])c1.[Mg+2].[OH-].[SH3+]. The molecule has 1 aromatic carbocycles. The van der Waals surface area contributed by atoms with Crippen molar-refractivity contribution in [2.75, 3.05) is 0 Å². The number of aromatic carboxylic acids is 2. The molecular weight excluding hydrogens is 232 g/mol. The molecule has 5 nitrogen and oxygen atoms in total. The molecule has 78 valence electrons. The Morgan fingerprint density at radius 3 is 1.60 bits per heavy atom.